The van der Waals surface area contributed by atoms with Crippen molar-refractivity contribution in [3.05, 3.63) is 52.7 Å². The minimum atomic E-state index is 0.000369. The molecule has 3 rings (SSSR count). The van der Waals surface area contributed by atoms with E-state index in [1.165, 1.54) is 0 Å². The van der Waals surface area contributed by atoms with Crippen molar-refractivity contribution < 1.29 is 9.15 Å². The summed E-state index contributed by atoms with van der Waals surface area (Å²) in [6, 6.07) is 12.7. The second-order valence-corrected chi connectivity index (χ2v) is 5.89. The first-order valence-corrected chi connectivity index (χ1v) is 8.58. The number of nitrogens with one attached hydrogen (secondary N) is 1. The first-order chi connectivity index (χ1) is 11.8. The Bertz CT molecular complexity index is 870. The standard InChI is InChI=1S/C20H23NO3/c1-2-11-21-12-5-6-13-23-15-9-10-17-19(14-15)24-18-8-4-3-7-16(18)20(17)22/h3-4,7-10,14,21H,2,5-6,11-13H2,1H3. The van der Waals surface area contributed by atoms with Crippen molar-refractivity contribution in [2.45, 2.75) is 26.2 Å². The van der Waals surface area contributed by atoms with Crippen LogP contribution in [0, 0.1) is 0 Å². The monoisotopic (exact) mass is 325 g/mol. The zero-order valence-corrected chi connectivity index (χ0v) is 14.0. The lowest BCUT2D eigenvalue weighted by molar-refractivity contribution is 0.306. The molecule has 0 saturated heterocycles. The predicted molar refractivity (Wildman–Crippen MR) is 97.9 cm³/mol. The molecule has 0 aliphatic carbocycles. The predicted octanol–water partition coefficient (Wildman–Crippen LogP) is 4.10. The third-order valence-corrected chi connectivity index (χ3v) is 3.99. The van der Waals surface area contributed by atoms with Gasteiger partial charge in [-0.2, -0.15) is 0 Å². The van der Waals surface area contributed by atoms with Gasteiger partial charge in [0.1, 0.15) is 16.9 Å². The Morgan fingerprint density at radius 3 is 2.71 bits per heavy atom. The highest BCUT2D eigenvalue weighted by Gasteiger charge is 2.08. The van der Waals surface area contributed by atoms with E-state index >= 15 is 0 Å². The number of hydrogen-bond acceptors (Lipinski definition) is 4. The van der Waals surface area contributed by atoms with Gasteiger partial charge in [0.25, 0.3) is 0 Å². The van der Waals surface area contributed by atoms with Gasteiger partial charge >= 0.3 is 0 Å². The fourth-order valence-corrected chi connectivity index (χ4v) is 2.72. The molecular weight excluding hydrogens is 302 g/mol. The number of rotatable bonds is 8. The Morgan fingerprint density at radius 1 is 1.00 bits per heavy atom. The molecular formula is C20H23NO3. The van der Waals surface area contributed by atoms with Gasteiger partial charge < -0.3 is 14.5 Å². The second-order valence-electron chi connectivity index (χ2n) is 5.89. The quantitative estimate of drug-likeness (QED) is 0.500. The van der Waals surface area contributed by atoms with E-state index in [1.807, 2.05) is 24.3 Å². The maximum atomic E-state index is 12.5. The molecule has 0 atom stereocenters. The topological polar surface area (TPSA) is 51.5 Å². The van der Waals surface area contributed by atoms with Crippen LogP contribution in [-0.2, 0) is 0 Å². The molecule has 0 aliphatic heterocycles. The molecule has 3 aromatic rings. The Hall–Kier alpha value is -2.33. The van der Waals surface area contributed by atoms with Crippen LogP contribution in [0.4, 0.5) is 0 Å². The van der Waals surface area contributed by atoms with Gasteiger partial charge in [-0.15, -0.1) is 0 Å². The molecule has 126 valence electrons. The summed E-state index contributed by atoms with van der Waals surface area (Å²) < 4.78 is 11.6. The summed E-state index contributed by atoms with van der Waals surface area (Å²) in [4.78, 5) is 12.5. The van der Waals surface area contributed by atoms with Crippen molar-refractivity contribution in [3.63, 3.8) is 0 Å². The molecule has 0 unspecified atom stereocenters. The molecule has 0 bridgehead atoms. The van der Waals surface area contributed by atoms with Gasteiger partial charge in [-0.25, -0.2) is 0 Å². The Labute approximate surface area is 141 Å². The highest BCUT2D eigenvalue weighted by molar-refractivity contribution is 5.90. The number of unbranched alkanes of at least 4 members (excludes halogenated alkanes) is 1. The molecule has 2 aromatic carbocycles. The van der Waals surface area contributed by atoms with Crippen LogP contribution in [0.15, 0.2) is 51.7 Å². The lowest BCUT2D eigenvalue weighted by atomic mass is 10.1. The minimum absolute atomic E-state index is 0.000369. The van der Waals surface area contributed by atoms with Crippen LogP contribution < -0.4 is 15.5 Å². The molecule has 0 radical (unpaired) electrons. The fourth-order valence-electron chi connectivity index (χ4n) is 2.72. The van der Waals surface area contributed by atoms with Crippen molar-refractivity contribution in [3.8, 4) is 5.75 Å². The van der Waals surface area contributed by atoms with Gasteiger partial charge in [-0.3, -0.25) is 4.79 Å². The second kappa shape index (κ2) is 7.97. The molecule has 4 nitrogen and oxygen atoms in total. The first kappa shape index (κ1) is 16.5. The average Bonchev–Trinajstić information content (AvgIpc) is 2.61. The Kier molecular flexibility index (Phi) is 5.49. The summed E-state index contributed by atoms with van der Waals surface area (Å²) in [5.74, 6) is 0.738. The molecule has 0 amide bonds. The number of hydrogen-bond donors (Lipinski definition) is 1. The molecule has 0 fully saturated rings. The summed E-state index contributed by atoms with van der Waals surface area (Å²) in [6.07, 6.45) is 3.25. The van der Waals surface area contributed by atoms with E-state index in [0.29, 0.717) is 28.5 Å². The molecule has 0 saturated carbocycles. The number of ether oxygens (including phenoxy) is 1. The van der Waals surface area contributed by atoms with E-state index in [0.717, 1.165) is 38.1 Å². The fraction of sp³-hybridized carbons (Fsp3) is 0.350. The van der Waals surface area contributed by atoms with Crippen molar-refractivity contribution in [1.29, 1.82) is 0 Å². The average molecular weight is 325 g/mol. The van der Waals surface area contributed by atoms with Gasteiger partial charge in [0.05, 0.1) is 17.4 Å². The third-order valence-electron chi connectivity index (χ3n) is 3.99. The van der Waals surface area contributed by atoms with E-state index in [1.54, 1.807) is 18.2 Å². The van der Waals surface area contributed by atoms with Crippen molar-refractivity contribution in [1.82, 2.24) is 5.32 Å². The van der Waals surface area contributed by atoms with Crippen LogP contribution in [-0.4, -0.2) is 19.7 Å². The summed E-state index contributed by atoms with van der Waals surface area (Å²) in [5, 5.41) is 4.57. The molecule has 0 aliphatic rings. The van der Waals surface area contributed by atoms with Crippen LogP contribution in [0.3, 0.4) is 0 Å². The van der Waals surface area contributed by atoms with Gasteiger partial charge in [0.15, 0.2) is 0 Å². The minimum Gasteiger partial charge on any atom is -0.493 e. The van der Waals surface area contributed by atoms with Gasteiger partial charge in [0.2, 0.25) is 5.43 Å². The van der Waals surface area contributed by atoms with Crippen molar-refractivity contribution >= 4 is 21.9 Å². The molecule has 4 heteroatoms. The summed E-state index contributed by atoms with van der Waals surface area (Å²) in [5.41, 5.74) is 1.18. The number of para-hydroxylation sites is 1. The Balaban J connectivity index is 1.68. The lowest BCUT2D eigenvalue weighted by Crippen LogP contribution is -2.16. The summed E-state index contributed by atoms with van der Waals surface area (Å²) in [6.45, 7) is 4.92. The molecule has 24 heavy (non-hydrogen) atoms. The van der Waals surface area contributed by atoms with Gasteiger partial charge in [-0.1, -0.05) is 19.1 Å². The highest BCUT2D eigenvalue weighted by Crippen LogP contribution is 2.22. The number of fused-ring (bicyclic) bond motifs is 2. The van der Waals surface area contributed by atoms with Crippen LogP contribution in [0.25, 0.3) is 21.9 Å². The third kappa shape index (κ3) is 3.77. The number of benzene rings is 2. The Morgan fingerprint density at radius 2 is 1.83 bits per heavy atom. The van der Waals surface area contributed by atoms with Crippen LogP contribution in [0.2, 0.25) is 0 Å². The van der Waals surface area contributed by atoms with Crippen LogP contribution in [0.5, 0.6) is 5.75 Å². The van der Waals surface area contributed by atoms with E-state index in [2.05, 4.69) is 12.2 Å². The summed E-state index contributed by atoms with van der Waals surface area (Å²) >= 11 is 0. The van der Waals surface area contributed by atoms with E-state index in [4.69, 9.17) is 9.15 Å². The zero-order valence-electron chi connectivity index (χ0n) is 14.0. The smallest absolute Gasteiger partial charge is 0.200 e. The van der Waals surface area contributed by atoms with E-state index < -0.39 is 0 Å². The van der Waals surface area contributed by atoms with Crippen molar-refractivity contribution in [2.24, 2.45) is 0 Å². The molecule has 0 spiro atoms. The van der Waals surface area contributed by atoms with Crippen molar-refractivity contribution in [2.75, 3.05) is 19.7 Å². The first-order valence-electron chi connectivity index (χ1n) is 8.58. The van der Waals surface area contributed by atoms with Crippen LogP contribution >= 0.6 is 0 Å². The zero-order chi connectivity index (χ0) is 16.8. The van der Waals surface area contributed by atoms with E-state index in [9.17, 15) is 4.79 Å². The largest absolute Gasteiger partial charge is 0.493 e. The summed E-state index contributed by atoms with van der Waals surface area (Å²) in [7, 11) is 0. The van der Waals surface area contributed by atoms with Crippen LogP contribution in [0.1, 0.15) is 26.2 Å². The van der Waals surface area contributed by atoms with E-state index in [-0.39, 0.29) is 5.43 Å². The maximum Gasteiger partial charge on any atom is 0.200 e. The SMILES string of the molecule is CCCNCCCCOc1ccc2c(=O)c3ccccc3oc2c1. The van der Waals surface area contributed by atoms with Gasteiger partial charge in [-0.05, 0) is 56.6 Å². The van der Waals surface area contributed by atoms with Gasteiger partial charge in [0, 0.05) is 6.07 Å². The lowest BCUT2D eigenvalue weighted by Gasteiger charge is -2.08. The normalized spacial score (nSPS) is 11.2. The maximum absolute atomic E-state index is 12.5. The highest BCUT2D eigenvalue weighted by atomic mass is 16.5. The molecule has 1 N–H and O–H groups in total. The molecule has 1 aromatic heterocycles. The molecule has 1 heterocycles.